The molecule has 1 unspecified atom stereocenters. The summed E-state index contributed by atoms with van der Waals surface area (Å²) in [6.45, 7) is 6.38. The van der Waals surface area contributed by atoms with Crippen LogP contribution in [0.2, 0.25) is 0 Å². The summed E-state index contributed by atoms with van der Waals surface area (Å²) in [6.07, 6.45) is 57.0. The van der Waals surface area contributed by atoms with Gasteiger partial charge in [0.2, 0.25) is 0 Å². The SMILES string of the molecule is CC\C=C/C=C\C=C/C=C\C=C\C=C/CCCCCC(=O)OCC(COC(=O)CCCCCC/C=C\CCCC)OC(=O)CCCCCCCCCCCCCC. The van der Waals surface area contributed by atoms with Gasteiger partial charge in [-0.25, -0.2) is 0 Å². The van der Waals surface area contributed by atoms with Crippen molar-refractivity contribution in [1.29, 1.82) is 0 Å². The zero-order chi connectivity index (χ0) is 41.5. The lowest BCUT2D eigenvalue weighted by Gasteiger charge is -2.18. The molecule has 0 aliphatic carbocycles. The van der Waals surface area contributed by atoms with E-state index in [9.17, 15) is 14.4 Å². The van der Waals surface area contributed by atoms with E-state index in [-0.39, 0.29) is 31.1 Å². The molecule has 0 rings (SSSR count). The lowest BCUT2D eigenvalue weighted by Crippen LogP contribution is -2.30. The molecule has 0 heterocycles. The number of unbranched alkanes of at least 4 members (excludes halogenated alkanes) is 20. The quantitative estimate of drug-likeness (QED) is 0.0202. The lowest BCUT2D eigenvalue weighted by atomic mass is 10.0. The van der Waals surface area contributed by atoms with Crippen LogP contribution in [-0.2, 0) is 28.6 Å². The average molecular weight is 793 g/mol. The molecule has 324 valence electrons. The summed E-state index contributed by atoms with van der Waals surface area (Å²) in [5, 5.41) is 0. The Hall–Kier alpha value is -3.41. The smallest absolute Gasteiger partial charge is 0.306 e. The molecule has 1 atom stereocenters. The number of esters is 3. The Morgan fingerprint density at radius 1 is 0.368 bits per heavy atom. The molecule has 0 aliphatic rings. The molecule has 0 bridgehead atoms. The molecule has 0 amide bonds. The van der Waals surface area contributed by atoms with Gasteiger partial charge in [0, 0.05) is 19.3 Å². The first-order valence-corrected chi connectivity index (χ1v) is 23.2. The fraction of sp³-hybridized carbons (Fsp3) is 0.667. The van der Waals surface area contributed by atoms with Gasteiger partial charge in [-0.1, -0.05) is 209 Å². The molecule has 0 radical (unpaired) electrons. The Bertz CT molecular complexity index is 1140. The highest BCUT2D eigenvalue weighted by molar-refractivity contribution is 5.71. The summed E-state index contributed by atoms with van der Waals surface area (Å²) < 4.78 is 16.7. The highest BCUT2D eigenvalue weighted by atomic mass is 16.6. The maximum atomic E-state index is 12.7. The molecule has 0 saturated carbocycles. The van der Waals surface area contributed by atoms with Crippen LogP contribution in [0.5, 0.6) is 0 Å². The minimum Gasteiger partial charge on any atom is -0.462 e. The standard InChI is InChI=1S/C51H84O6/c1-4-7-10-13-16-19-22-24-25-26-27-28-30-32-35-38-41-44-50(53)56-47-48(46-55-49(52)43-40-37-34-31-21-18-15-12-9-6-3)57-51(54)45-42-39-36-33-29-23-20-17-14-11-8-5-2/h7,10,13,15-16,18-19,22,24-28,30,48H,4-6,8-9,11-12,14,17,20-21,23,29,31-47H2,1-3H3/b10-7-,16-13-,18-15-,22-19-,25-24-,27-26+,30-28-. The van der Waals surface area contributed by atoms with Gasteiger partial charge < -0.3 is 14.2 Å². The second-order valence-corrected chi connectivity index (χ2v) is 15.1. The number of carbonyl (C=O) groups is 3. The van der Waals surface area contributed by atoms with Gasteiger partial charge in [-0.15, -0.1) is 0 Å². The van der Waals surface area contributed by atoms with E-state index in [1.165, 1.54) is 70.6 Å². The van der Waals surface area contributed by atoms with Crippen LogP contribution in [0.3, 0.4) is 0 Å². The van der Waals surface area contributed by atoms with E-state index in [1.807, 2.05) is 60.8 Å². The van der Waals surface area contributed by atoms with E-state index in [1.54, 1.807) is 0 Å². The molecule has 0 fully saturated rings. The van der Waals surface area contributed by atoms with Crippen LogP contribution in [0.25, 0.3) is 0 Å². The molecule has 0 aromatic heterocycles. The molecule has 0 aromatic rings. The summed E-state index contributed by atoms with van der Waals surface area (Å²) in [7, 11) is 0. The molecule has 0 spiro atoms. The maximum absolute atomic E-state index is 12.7. The minimum atomic E-state index is -0.795. The lowest BCUT2D eigenvalue weighted by molar-refractivity contribution is -0.167. The minimum absolute atomic E-state index is 0.0968. The topological polar surface area (TPSA) is 78.9 Å². The summed E-state index contributed by atoms with van der Waals surface area (Å²) in [4.78, 5) is 37.7. The van der Waals surface area contributed by atoms with Gasteiger partial charge in [-0.05, 0) is 57.8 Å². The van der Waals surface area contributed by atoms with Gasteiger partial charge in [0.25, 0.3) is 0 Å². The third-order valence-electron chi connectivity index (χ3n) is 9.55. The number of allylic oxidation sites excluding steroid dienone is 14. The van der Waals surface area contributed by atoms with Crippen molar-refractivity contribution in [3.63, 3.8) is 0 Å². The molecule has 57 heavy (non-hydrogen) atoms. The van der Waals surface area contributed by atoms with Crippen LogP contribution in [0.15, 0.2) is 85.1 Å². The fourth-order valence-electron chi connectivity index (χ4n) is 6.04. The number of ether oxygens (including phenoxy) is 3. The summed E-state index contributed by atoms with van der Waals surface area (Å²) >= 11 is 0. The number of rotatable bonds is 40. The molecule has 0 aliphatic heterocycles. The van der Waals surface area contributed by atoms with Crippen molar-refractivity contribution in [2.45, 2.75) is 207 Å². The Balaban J connectivity index is 4.48. The average Bonchev–Trinajstić information content (AvgIpc) is 3.21. The Morgan fingerprint density at radius 2 is 0.719 bits per heavy atom. The van der Waals surface area contributed by atoms with E-state index in [0.717, 1.165) is 89.9 Å². The molecule has 6 nitrogen and oxygen atoms in total. The van der Waals surface area contributed by atoms with Crippen LogP contribution in [-0.4, -0.2) is 37.2 Å². The van der Waals surface area contributed by atoms with Crippen molar-refractivity contribution < 1.29 is 28.6 Å². The Kier molecular flexibility index (Phi) is 42.6. The van der Waals surface area contributed by atoms with Crippen LogP contribution in [0.1, 0.15) is 201 Å². The third-order valence-corrected chi connectivity index (χ3v) is 9.55. The van der Waals surface area contributed by atoms with Crippen molar-refractivity contribution in [2.75, 3.05) is 13.2 Å². The number of hydrogen-bond donors (Lipinski definition) is 0. The Morgan fingerprint density at radius 3 is 1.19 bits per heavy atom. The summed E-state index contributed by atoms with van der Waals surface area (Å²) in [5.74, 6) is -0.960. The summed E-state index contributed by atoms with van der Waals surface area (Å²) in [5.41, 5.74) is 0. The highest BCUT2D eigenvalue weighted by Crippen LogP contribution is 2.14. The second kappa shape index (κ2) is 45.3. The van der Waals surface area contributed by atoms with Gasteiger partial charge in [0.1, 0.15) is 13.2 Å². The van der Waals surface area contributed by atoms with Gasteiger partial charge in [-0.2, -0.15) is 0 Å². The van der Waals surface area contributed by atoms with Gasteiger partial charge >= 0.3 is 17.9 Å². The van der Waals surface area contributed by atoms with Crippen LogP contribution < -0.4 is 0 Å². The number of carbonyl (C=O) groups excluding carboxylic acids is 3. The highest BCUT2D eigenvalue weighted by Gasteiger charge is 2.19. The first-order chi connectivity index (χ1) is 28.0. The van der Waals surface area contributed by atoms with Crippen LogP contribution in [0, 0.1) is 0 Å². The van der Waals surface area contributed by atoms with Crippen LogP contribution in [0.4, 0.5) is 0 Å². The predicted octanol–water partition coefficient (Wildman–Crippen LogP) is 14.9. The first-order valence-electron chi connectivity index (χ1n) is 23.2. The molecular formula is C51H84O6. The third kappa shape index (κ3) is 43.6. The van der Waals surface area contributed by atoms with Crippen molar-refractivity contribution >= 4 is 17.9 Å². The summed E-state index contributed by atoms with van der Waals surface area (Å²) in [6, 6.07) is 0. The zero-order valence-electron chi connectivity index (χ0n) is 36.8. The van der Waals surface area contributed by atoms with Gasteiger partial charge in [0.15, 0.2) is 6.10 Å². The zero-order valence-corrected chi connectivity index (χ0v) is 36.8. The van der Waals surface area contributed by atoms with Gasteiger partial charge in [-0.3, -0.25) is 14.4 Å². The largest absolute Gasteiger partial charge is 0.462 e. The first kappa shape index (κ1) is 53.6. The molecule has 0 N–H and O–H groups in total. The van der Waals surface area contributed by atoms with E-state index < -0.39 is 6.10 Å². The molecular weight excluding hydrogens is 709 g/mol. The molecule has 0 aromatic carbocycles. The van der Waals surface area contributed by atoms with E-state index >= 15 is 0 Å². The van der Waals surface area contributed by atoms with E-state index in [0.29, 0.717) is 19.3 Å². The van der Waals surface area contributed by atoms with E-state index in [4.69, 9.17) is 14.2 Å². The van der Waals surface area contributed by atoms with Crippen molar-refractivity contribution in [1.82, 2.24) is 0 Å². The monoisotopic (exact) mass is 793 g/mol. The van der Waals surface area contributed by atoms with Crippen molar-refractivity contribution in [3.05, 3.63) is 85.1 Å². The molecule has 6 heteroatoms. The Labute approximate surface area is 350 Å². The van der Waals surface area contributed by atoms with E-state index in [2.05, 4.69) is 45.1 Å². The van der Waals surface area contributed by atoms with Crippen molar-refractivity contribution in [2.24, 2.45) is 0 Å². The predicted molar refractivity (Wildman–Crippen MR) is 242 cm³/mol. The maximum Gasteiger partial charge on any atom is 0.306 e. The normalized spacial score (nSPS) is 12.8. The fourth-order valence-corrected chi connectivity index (χ4v) is 6.04. The number of hydrogen-bond acceptors (Lipinski definition) is 6. The van der Waals surface area contributed by atoms with Gasteiger partial charge in [0.05, 0.1) is 0 Å². The second-order valence-electron chi connectivity index (χ2n) is 15.1. The molecule has 0 saturated heterocycles. The van der Waals surface area contributed by atoms with Crippen molar-refractivity contribution in [3.8, 4) is 0 Å². The van der Waals surface area contributed by atoms with Crippen LogP contribution >= 0.6 is 0 Å².